The minimum atomic E-state index is -0.261. The van der Waals surface area contributed by atoms with Crippen molar-refractivity contribution in [3.05, 3.63) is 27.1 Å². The van der Waals surface area contributed by atoms with E-state index in [4.69, 9.17) is 4.74 Å². The summed E-state index contributed by atoms with van der Waals surface area (Å²) in [4.78, 5) is 47.6. The molecule has 2 aliphatic heterocycles. The van der Waals surface area contributed by atoms with Crippen LogP contribution >= 0.6 is 11.3 Å². The number of carbonyl (C=O) groups excluding carboxylic acids is 2. The SMILES string of the molecule is Cc1c(C(=O)N2CCOCC2)sc2ncn(CC(=O)N3CCC(C)CC3)c(=O)c12. The monoisotopic (exact) mass is 418 g/mol. The molecular weight excluding hydrogens is 392 g/mol. The molecule has 2 aliphatic rings. The van der Waals surface area contributed by atoms with Crippen LogP contribution in [0.2, 0.25) is 0 Å². The standard InChI is InChI=1S/C20H26N4O4S/c1-13-3-5-22(6-4-13)15(25)11-24-12-21-18-16(19(24)26)14(2)17(29-18)20(27)23-7-9-28-10-8-23/h12-13H,3-11H2,1-2H3. The molecule has 2 saturated heterocycles. The van der Waals surface area contributed by atoms with Crippen LogP contribution < -0.4 is 5.56 Å². The molecule has 0 radical (unpaired) electrons. The number of fused-ring (bicyclic) bond motifs is 1. The van der Waals surface area contributed by atoms with Crippen LogP contribution in [0.4, 0.5) is 0 Å². The fraction of sp³-hybridized carbons (Fsp3) is 0.600. The van der Waals surface area contributed by atoms with Crippen LogP contribution in [0.5, 0.6) is 0 Å². The van der Waals surface area contributed by atoms with Crippen molar-refractivity contribution in [1.82, 2.24) is 19.4 Å². The molecule has 156 valence electrons. The number of ether oxygens (including phenoxy) is 1. The normalized spacial score (nSPS) is 18.4. The van der Waals surface area contributed by atoms with Gasteiger partial charge in [-0.25, -0.2) is 4.98 Å². The highest BCUT2D eigenvalue weighted by molar-refractivity contribution is 7.20. The van der Waals surface area contributed by atoms with Crippen molar-refractivity contribution in [1.29, 1.82) is 0 Å². The average molecular weight is 419 g/mol. The highest BCUT2D eigenvalue weighted by Gasteiger charge is 2.26. The molecule has 9 heteroatoms. The van der Waals surface area contributed by atoms with Gasteiger partial charge in [0, 0.05) is 26.2 Å². The molecule has 2 amide bonds. The number of hydrogen-bond donors (Lipinski definition) is 0. The maximum atomic E-state index is 13.0. The van der Waals surface area contributed by atoms with Gasteiger partial charge in [-0.3, -0.25) is 19.0 Å². The zero-order valence-electron chi connectivity index (χ0n) is 16.8. The van der Waals surface area contributed by atoms with Gasteiger partial charge in [0.25, 0.3) is 11.5 Å². The average Bonchev–Trinajstić information content (AvgIpc) is 3.07. The molecule has 0 N–H and O–H groups in total. The molecule has 0 aromatic carbocycles. The van der Waals surface area contributed by atoms with Gasteiger partial charge in [-0.05, 0) is 31.2 Å². The van der Waals surface area contributed by atoms with Crippen molar-refractivity contribution in [3.8, 4) is 0 Å². The van der Waals surface area contributed by atoms with Crippen molar-refractivity contribution >= 4 is 33.4 Å². The van der Waals surface area contributed by atoms with Gasteiger partial charge in [-0.1, -0.05) is 6.92 Å². The van der Waals surface area contributed by atoms with Crippen molar-refractivity contribution in [2.45, 2.75) is 33.2 Å². The van der Waals surface area contributed by atoms with E-state index in [0.717, 1.165) is 25.9 Å². The Morgan fingerprint density at radius 1 is 1.17 bits per heavy atom. The summed E-state index contributed by atoms with van der Waals surface area (Å²) in [5, 5.41) is 0.439. The number of amides is 2. The van der Waals surface area contributed by atoms with E-state index in [2.05, 4.69) is 11.9 Å². The van der Waals surface area contributed by atoms with Gasteiger partial charge in [0.2, 0.25) is 5.91 Å². The summed E-state index contributed by atoms with van der Waals surface area (Å²) in [6, 6.07) is 0. The van der Waals surface area contributed by atoms with Gasteiger partial charge in [0.15, 0.2) is 0 Å². The lowest BCUT2D eigenvalue weighted by Gasteiger charge is -2.30. The third kappa shape index (κ3) is 3.93. The molecule has 0 aliphatic carbocycles. The van der Waals surface area contributed by atoms with Crippen LogP contribution in [0.25, 0.3) is 10.2 Å². The summed E-state index contributed by atoms with van der Waals surface area (Å²) >= 11 is 1.24. The highest BCUT2D eigenvalue weighted by Crippen LogP contribution is 2.28. The van der Waals surface area contributed by atoms with Crippen LogP contribution in [0.15, 0.2) is 11.1 Å². The lowest BCUT2D eigenvalue weighted by molar-refractivity contribution is -0.133. The second-order valence-electron chi connectivity index (χ2n) is 7.88. The maximum Gasteiger partial charge on any atom is 0.264 e. The molecule has 0 saturated carbocycles. The molecule has 4 heterocycles. The third-order valence-corrected chi connectivity index (χ3v) is 7.04. The Bertz CT molecular complexity index is 984. The predicted molar refractivity (Wildman–Crippen MR) is 110 cm³/mol. The van der Waals surface area contributed by atoms with Crippen molar-refractivity contribution in [2.75, 3.05) is 39.4 Å². The molecular formula is C20H26N4O4S. The molecule has 8 nitrogen and oxygen atoms in total. The number of nitrogens with zero attached hydrogens (tertiary/aromatic N) is 4. The Morgan fingerprint density at radius 3 is 2.55 bits per heavy atom. The zero-order chi connectivity index (χ0) is 20.5. The third-order valence-electron chi connectivity index (χ3n) is 5.85. The first kappa shape index (κ1) is 20.0. The van der Waals surface area contributed by atoms with E-state index in [1.54, 1.807) is 11.8 Å². The van der Waals surface area contributed by atoms with E-state index in [1.165, 1.54) is 22.2 Å². The van der Waals surface area contributed by atoms with E-state index in [0.29, 0.717) is 52.9 Å². The summed E-state index contributed by atoms with van der Waals surface area (Å²) in [7, 11) is 0. The Hall–Kier alpha value is -2.26. The fourth-order valence-corrected chi connectivity index (χ4v) is 5.00. The number of hydrogen-bond acceptors (Lipinski definition) is 6. The first-order chi connectivity index (χ1) is 14.0. The molecule has 4 rings (SSSR count). The van der Waals surface area contributed by atoms with Crippen molar-refractivity contribution in [3.63, 3.8) is 0 Å². The molecule has 0 bridgehead atoms. The lowest BCUT2D eigenvalue weighted by atomic mass is 9.99. The maximum absolute atomic E-state index is 13.0. The number of aromatic nitrogens is 2. The number of carbonyl (C=O) groups is 2. The molecule has 29 heavy (non-hydrogen) atoms. The Labute approximate surface area is 173 Å². The van der Waals surface area contributed by atoms with Gasteiger partial charge >= 0.3 is 0 Å². The quantitative estimate of drug-likeness (QED) is 0.754. The van der Waals surface area contributed by atoms with Gasteiger partial charge in [0.05, 0.1) is 29.8 Å². The smallest absolute Gasteiger partial charge is 0.264 e. The predicted octanol–water partition coefficient (Wildman–Crippen LogP) is 1.50. The van der Waals surface area contributed by atoms with E-state index >= 15 is 0 Å². The van der Waals surface area contributed by atoms with Crippen LogP contribution in [0, 0.1) is 12.8 Å². The summed E-state index contributed by atoms with van der Waals surface area (Å²) in [5.41, 5.74) is 0.385. The molecule has 0 atom stereocenters. The van der Waals surface area contributed by atoms with Gasteiger partial charge in [-0.15, -0.1) is 11.3 Å². The Kier molecular flexibility index (Phi) is 5.69. The van der Waals surface area contributed by atoms with Gasteiger partial charge in [-0.2, -0.15) is 0 Å². The van der Waals surface area contributed by atoms with E-state index in [1.807, 2.05) is 4.90 Å². The summed E-state index contributed by atoms with van der Waals surface area (Å²) < 4.78 is 6.68. The number of rotatable bonds is 3. The summed E-state index contributed by atoms with van der Waals surface area (Å²) in [6.45, 7) is 7.59. The minimum Gasteiger partial charge on any atom is -0.378 e. The first-order valence-electron chi connectivity index (χ1n) is 10.1. The van der Waals surface area contributed by atoms with E-state index < -0.39 is 0 Å². The second kappa shape index (κ2) is 8.23. The van der Waals surface area contributed by atoms with E-state index in [-0.39, 0.29) is 23.9 Å². The topological polar surface area (TPSA) is 84.7 Å². The number of thiophene rings is 1. The van der Waals surface area contributed by atoms with Gasteiger partial charge < -0.3 is 14.5 Å². The first-order valence-corrected chi connectivity index (χ1v) is 10.9. The number of likely N-dealkylation sites (tertiary alicyclic amines) is 1. The van der Waals surface area contributed by atoms with E-state index in [9.17, 15) is 14.4 Å². The lowest BCUT2D eigenvalue weighted by Crippen LogP contribution is -2.41. The molecule has 2 fully saturated rings. The highest BCUT2D eigenvalue weighted by atomic mass is 32.1. The number of morpholine rings is 1. The molecule has 0 unspecified atom stereocenters. The summed E-state index contributed by atoms with van der Waals surface area (Å²) in [5.74, 6) is 0.492. The van der Waals surface area contributed by atoms with Crippen molar-refractivity contribution in [2.24, 2.45) is 5.92 Å². The fourth-order valence-electron chi connectivity index (χ4n) is 3.89. The molecule has 2 aromatic heterocycles. The molecule has 2 aromatic rings. The second-order valence-corrected chi connectivity index (χ2v) is 8.88. The Morgan fingerprint density at radius 2 is 1.86 bits per heavy atom. The largest absolute Gasteiger partial charge is 0.378 e. The van der Waals surface area contributed by atoms with Crippen LogP contribution in [-0.2, 0) is 16.1 Å². The minimum absolute atomic E-state index is 0.0157. The van der Waals surface area contributed by atoms with Crippen molar-refractivity contribution < 1.29 is 14.3 Å². The zero-order valence-corrected chi connectivity index (χ0v) is 17.7. The van der Waals surface area contributed by atoms with Crippen LogP contribution in [0.3, 0.4) is 0 Å². The Balaban J connectivity index is 1.58. The summed E-state index contributed by atoms with van der Waals surface area (Å²) in [6.07, 6.45) is 3.41. The number of piperidine rings is 1. The van der Waals surface area contributed by atoms with Crippen LogP contribution in [0.1, 0.15) is 35.0 Å². The van der Waals surface area contributed by atoms with Gasteiger partial charge in [0.1, 0.15) is 11.4 Å². The number of aryl methyl sites for hydroxylation is 1. The van der Waals surface area contributed by atoms with Crippen LogP contribution in [-0.4, -0.2) is 70.6 Å². The molecule has 0 spiro atoms.